The third kappa shape index (κ3) is 2.80. The van der Waals surface area contributed by atoms with Gasteiger partial charge in [-0.25, -0.2) is 8.78 Å². The molecular weight excluding hydrogens is 302 g/mol. The summed E-state index contributed by atoms with van der Waals surface area (Å²) in [6, 6.07) is 2.55. The maximum absolute atomic E-state index is 14.1. The summed E-state index contributed by atoms with van der Waals surface area (Å²) in [5.74, 6) is -1.48. The van der Waals surface area contributed by atoms with Gasteiger partial charge in [-0.3, -0.25) is 4.79 Å². The van der Waals surface area contributed by atoms with E-state index in [1.165, 1.54) is 7.11 Å². The van der Waals surface area contributed by atoms with Crippen LogP contribution in [-0.2, 0) is 0 Å². The summed E-state index contributed by atoms with van der Waals surface area (Å²) in [5, 5.41) is 0. The van der Waals surface area contributed by atoms with Crippen molar-refractivity contribution in [3.63, 3.8) is 0 Å². The van der Waals surface area contributed by atoms with E-state index < -0.39 is 23.1 Å². The monoisotopic (exact) mass is 324 g/mol. The van der Waals surface area contributed by atoms with Crippen LogP contribution in [-0.4, -0.2) is 56.0 Å². The molecule has 1 unspecified atom stereocenters. The third-order valence-electron chi connectivity index (χ3n) is 5.13. The number of amides is 1. The van der Waals surface area contributed by atoms with Gasteiger partial charge >= 0.3 is 0 Å². The number of methoxy groups -OCH3 is 1. The number of piperidine rings is 1. The van der Waals surface area contributed by atoms with Gasteiger partial charge in [-0.05, 0) is 38.8 Å². The molecule has 23 heavy (non-hydrogen) atoms. The van der Waals surface area contributed by atoms with Crippen molar-refractivity contribution in [2.45, 2.75) is 18.9 Å². The number of rotatable bonds is 3. The number of hydrogen-bond acceptors (Lipinski definition) is 3. The van der Waals surface area contributed by atoms with Crippen molar-refractivity contribution in [3.05, 3.63) is 29.3 Å². The van der Waals surface area contributed by atoms with Crippen LogP contribution in [0.4, 0.5) is 8.78 Å². The molecule has 1 aromatic rings. The van der Waals surface area contributed by atoms with Crippen LogP contribution in [0.1, 0.15) is 23.2 Å². The average molecular weight is 324 g/mol. The first-order valence-corrected chi connectivity index (χ1v) is 7.91. The zero-order valence-corrected chi connectivity index (χ0v) is 13.7. The van der Waals surface area contributed by atoms with Gasteiger partial charge in [0.05, 0.1) is 7.11 Å². The quantitative estimate of drug-likeness (QED) is 0.856. The van der Waals surface area contributed by atoms with Gasteiger partial charge in [-0.15, -0.1) is 0 Å². The Bertz CT molecular complexity index is 584. The second-order valence-electron chi connectivity index (χ2n) is 6.73. The van der Waals surface area contributed by atoms with Gasteiger partial charge in [0.2, 0.25) is 0 Å². The summed E-state index contributed by atoms with van der Waals surface area (Å²) < 4.78 is 33.1. The standard InChI is InChI=1S/C17H22F2N2O2/c1-20(2)16-10-4-5-11(16)9-21(8-10)17(22)15-13(18)6-12(23-3)7-14(15)19/h6-7,10-11,16H,4-5,8-9H2,1-3H3/t10-,11+,16?. The normalized spacial score (nSPS) is 26.7. The van der Waals surface area contributed by atoms with Gasteiger partial charge < -0.3 is 14.5 Å². The highest BCUT2D eigenvalue weighted by molar-refractivity contribution is 5.95. The fourth-order valence-electron chi connectivity index (χ4n) is 4.23. The molecule has 3 rings (SSSR count). The van der Waals surface area contributed by atoms with E-state index in [1.807, 2.05) is 0 Å². The SMILES string of the molecule is COc1cc(F)c(C(=O)N2C[C@H]3CC[C@@H](C2)C3N(C)C)c(F)c1. The molecule has 3 atom stereocenters. The fraction of sp³-hybridized carbons (Fsp3) is 0.588. The Hall–Kier alpha value is -1.69. The van der Waals surface area contributed by atoms with Gasteiger partial charge in [0, 0.05) is 31.3 Å². The molecule has 0 N–H and O–H groups in total. The first-order chi connectivity index (χ1) is 10.9. The van der Waals surface area contributed by atoms with Crippen LogP contribution in [0.5, 0.6) is 5.75 Å². The average Bonchev–Trinajstić information content (AvgIpc) is 2.77. The molecule has 6 heteroatoms. The number of carbonyl (C=O) groups excluding carboxylic acids is 1. The molecule has 126 valence electrons. The lowest BCUT2D eigenvalue weighted by Crippen LogP contribution is -2.52. The Kier molecular flexibility index (Phi) is 4.27. The summed E-state index contributed by atoms with van der Waals surface area (Å²) in [4.78, 5) is 16.4. The molecule has 0 radical (unpaired) electrons. The largest absolute Gasteiger partial charge is 0.497 e. The predicted octanol–water partition coefficient (Wildman–Crippen LogP) is 2.39. The Morgan fingerprint density at radius 1 is 1.17 bits per heavy atom. The molecule has 1 aliphatic heterocycles. The Balaban J connectivity index is 1.83. The van der Waals surface area contributed by atoms with E-state index in [4.69, 9.17) is 4.74 Å². The van der Waals surface area contributed by atoms with Crippen molar-refractivity contribution >= 4 is 5.91 Å². The molecule has 2 bridgehead atoms. The minimum Gasteiger partial charge on any atom is -0.497 e. The Morgan fingerprint density at radius 3 is 2.13 bits per heavy atom. The van der Waals surface area contributed by atoms with Crippen molar-refractivity contribution in [2.75, 3.05) is 34.3 Å². The minimum atomic E-state index is -0.867. The molecule has 1 aromatic carbocycles. The molecule has 1 aliphatic carbocycles. The number of fused-ring (bicyclic) bond motifs is 2. The van der Waals surface area contributed by atoms with Crippen LogP contribution in [0.2, 0.25) is 0 Å². The summed E-state index contributed by atoms with van der Waals surface area (Å²) >= 11 is 0. The minimum absolute atomic E-state index is 0.0722. The van der Waals surface area contributed by atoms with E-state index in [-0.39, 0.29) is 5.75 Å². The molecule has 1 amide bonds. The lowest BCUT2D eigenvalue weighted by molar-refractivity contribution is 0.0479. The predicted molar refractivity (Wildman–Crippen MR) is 82.5 cm³/mol. The smallest absolute Gasteiger partial charge is 0.259 e. The van der Waals surface area contributed by atoms with Crippen LogP contribution >= 0.6 is 0 Å². The van der Waals surface area contributed by atoms with Crippen molar-refractivity contribution in [3.8, 4) is 5.75 Å². The molecule has 1 saturated heterocycles. The highest BCUT2D eigenvalue weighted by atomic mass is 19.1. The number of benzene rings is 1. The third-order valence-corrected chi connectivity index (χ3v) is 5.13. The zero-order chi connectivity index (χ0) is 16.7. The van der Waals surface area contributed by atoms with Crippen molar-refractivity contribution < 1.29 is 18.3 Å². The molecule has 2 aliphatic rings. The number of halogens is 2. The van der Waals surface area contributed by atoms with E-state index in [0.29, 0.717) is 31.0 Å². The number of carbonyl (C=O) groups is 1. The lowest BCUT2D eigenvalue weighted by Gasteiger charge is -2.41. The van der Waals surface area contributed by atoms with Gasteiger partial charge in [0.25, 0.3) is 5.91 Å². The van der Waals surface area contributed by atoms with Crippen molar-refractivity contribution in [1.29, 1.82) is 0 Å². The zero-order valence-electron chi connectivity index (χ0n) is 13.7. The summed E-state index contributed by atoms with van der Waals surface area (Å²) in [6.07, 6.45) is 2.12. The van der Waals surface area contributed by atoms with E-state index in [2.05, 4.69) is 19.0 Å². The fourth-order valence-corrected chi connectivity index (χ4v) is 4.23. The first kappa shape index (κ1) is 16.2. The number of likely N-dealkylation sites (tertiary alicyclic amines) is 1. The van der Waals surface area contributed by atoms with Crippen LogP contribution < -0.4 is 4.74 Å². The highest BCUT2D eigenvalue weighted by Crippen LogP contribution is 2.39. The van der Waals surface area contributed by atoms with Crippen molar-refractivity contribution in [1.82, 2.24) is 9.80 Å². The molecule has 4 nitrogen and oxygen atoms in total. The summed E-state index contributed by atoms with van der Waals surface area (Å²) in [5.41, 5.74) is -0.478. The van der Waals surface area contributed by atoms with E-state index in [0.717, 1.165) is 25.0 Å². The second-order valence-corrected chi connectivity index (χ2v) is 6.73. The molecular formula is C17H22F2N2O2. The molecule has 0 aromatic heterocycles. The summed E-state index contributed by atoms with van der Waals surface area (Å²) in [6.45, 7) is 1.12. The highest BCUT2D eigenvalue weighted by Gasteiger charge is 2.44. The van der Waals surface area contributed by atoms with Gasteiger partial charge in [-0.1, -0.05) is 0 Å². The molecule has 1 heterocycles. The van der Waals surface area contributed by atoms with Crippen LogP contribution in [0.15, 0.2) is 12.1 Å². The molecule has 1 saturated carbocycles. The topological polar surface area (TPSA) is 32.8 Å². The van der Waals surface area contributed by atoms with E-state index in [9.17, 15) is 13.6 Å². The van der Waals surface area contributed by atoms with Gasteiger partial charge in [0.15, 0.2) is 0 Å². The van der Waals surface area contributed by atoms with Crippen LogP contribution in [0.25, 0.3) is 0 Å². The maximum atomic E-state index is 14.1. The number of ether oxygens (including phenoxy) is 1. The Labute approximate surface area is 135 Å². The van der Waals surface area contributed by atoms with Gasteiger partial charge in [-0.2, -0.15) is 0 Å². The van der Waals surface area contributed by atoms with Gasteiger partial charge in [0.1, 0.15) is 22.9 Å². The maximum Gasteiger partial charge on any atom is 0.259 e. The summed E-state index contributed by atoms with van der Waals surface area (Å²) in [7, 11) is 5.44. The lowest BCUT2D eigenvalue weighted by atomic mass is 9.91. The first-order valence-electron chi connectivity index (χ1n) is 7.91. The number of nitrogens with zero attached hydrogens (tertiary/aromatic N) is 2. The van der Waals surface area contributed by atoms with E-state index in [1.54, 1.807) is 4.90 Å². The van der Waals surface area contributed by atoms with E-state index >= 15 is 0 Å². The second kappa shape index (κ2) is 6.07. The van der Waals surface area contributed by atoms with Crippen LogP contribution in [0, 0.1) is 23.5 Å². The molecule has 0 spiro atoms. The van der Waals surface area contributed by atoms with Crippen LogP contribution in [0.3, 0.4) is 0 Å². The molecule has 2 fully saturated rings. The van der Waals surface area contributed by atoms with Crippen molar-refractivity contribution in [2.24, 2.45) is 11.8 Å². The number of hydrogen-bond donors (Lipinski definition) is 0. The Morgan fingerprint density at radius 2 is 1.70 bits per heavy atom.